The van der Waals surface area contributed by atoms with Gasteiger partial charge in [0.25, 0.3) is 0 Å². The van der Waals surface area contributed by atoms with Gasteiger partial charge in [-0.25, -0.2) is 0 Å². The van der Waals surface area contributed by atoms with E-state index in [0.717, 1.165) is 12.1 Å². The van der Waals surface area contributed by atoms with Gasteiger partial charge in [0.15, 0.2) is 0 Å². The van der Waals surface area contributed by atoms with Crippen molar-refractivity contribution < 1.29 is 0 Å². The molecule has 2 heteroatoms. The van der Waals surface area contributed by atoms with Crippen molar-refractivity contribution >= 4 is 0 Å². The van der Waals surface area contributed by atoms with Gasteiger partial charge in [-0.1, -0.05) is 52.4 Å². The summed E-state index contributed by atoms with van der Waals surface area (Å²) in [5.74, 6) is 0. The van der Waals surface area contributed by atoms with E-state index in [-0.39, 0.29) is 0 Å². The van der Waals surface area contributed by atoms with Gasteiger partial charge in [0.05, 0.1) is 0 Å². The summed E-state index contributed by atoms with van der Waals surface area (Å²) < 4.78 is 0. The van der Waals surface area contributed by atoms with Gasteiger partial charge in [-0.3, -0.25) is 4.90 Å². The third kappa shape index (κ3) is 7.31. The lowest BCUT2D eigenvalue weighted by atomic mass is 10.1. The summed E-state index contributed by atoms with van der Waals surface area (Å²) in [6.45, 7) is 10.8. The second-order valence-corrected chi connectivity index (χ2v) is 6.34. The molecule has 1 aliphatic rings. The fourth-order valence-corrected chi connectivity index (χ4v) is 3.16. The predicted octanol–water partition coefficient (Wildman–Crippen LogP) is 4.20. The summed E-state index contributed by atoms with van der Waals surface area (Å²) in [6, 6.07) is 1.50. The predicted molar refractivity (Wildman–Crippen MR) is 85.7 cm³/mol. The minimum atomic E-state index is 0.732. The molecule has 0 aromatic rings. The SMILES string of the molecule is CCCCCCCCN1CC(CCC)NCCC1C. The second kappa shape index (κ2) is 10.7. The van der Waals surface area contributed by atoms with Gasteiger partial charge in [0.1, 0.15) is 0 Å². The van der Waals surface area contributed by atoms with E-state index in [1.807, 2.05) is 0 Å². The van der Waals surface area contributed by atoms with Crippen LogP contribution in [0.1, 0.15) is 78.6 Å². The van der Waals surface area contributed by atoms with Gasteiger partial charge in [-0.05, 0) is 39.3 Å². The van der Waals surface area contributed by atoms with Gasteiger partial charge in [0, 0.05) is 18.6 Å². The van der Waals surface area contributed by atoms with Crippen molar-refractivity contribution in [2.75, 3.05) is 19.6 Å². The highest BCUT2D eigenvalue weighted by Crippen LogP contribution is 2.14. The smallest absolute Gasteiger partial charge is 0.0195 e. The van der Waals surface area contributed by atoms with Crippen LogP contribution in [0.5, 0.6) is 0 Å². The molecule has 1 N–H and O–H groups in total. The minimum absolute atomic E-state index is 0.732. The lowest BCUT2D eigenvalue weighted by molar-refractivity contribution is 0.197. The first kappa shape index (κ1) is 17.0. The molecule has 0 amide bonds. The Kier molecular flexibility index (Phi) is 9.54. The Morgan fingerprint density at radius 1 is 1.00 bits per heavy atom. The van der Waals surface area contributed by atoms with Crippen LogP contribution in [-0.4, -0.2) is 36.6 Å². The normalized spacial score (nSPS) is 25.4. The molecule has 1 fully saturated rings. The van der Waals surface area contributed by atoms with Gasteiger partial charge >= 0.3 is 0 Å². The molecule has 0 aromatic heterocycles. The molecule has 1 aliphatic heterocycles. The molecule has 0 saturated carbocycles. The second-order valence-electron chi connectivity index (χ2n) is 6.34. The standard InChI is InChI=1S/C17H36N2/c1-4-6-7-8-9-10-14-19-15-17(11-5-2)18-13-12-16(19)3/h16-18H,4-15H2,1-3H3. The zero-order valence-electron chi connectivity index (χ0n) is 13.6. The van der Waals surface area contributed by atoms with E-state index in [1.54, 1.807) is 0 Å². The van der Waals surface area contributed by atoms with Crippen LogP contribution in [0.3, 0.4) is 0 Å². The highest BCUT2D eigenvalue weighted by molar-refractivity contribution is 4.80. The number of nitrogens with zero attached hydrogens (tertiary/aromatic N) is 1. The molecule has 0 bridgehead atoms. The Bertz CT molecular complexity index is 205. The van der Waals surface area contributed by atoms with Crippen LogP contribution in [-0.2, 0) is 0 Å². The highest BCUT2D eigenvalue weighted by atomic mass is 15.2. The van der Waals surface area contributed by atoms with Crippen molar-refractivity contribution in [2.24, 2.45) is 0 Å². The van der Waals surface area contributed by atoms with Crippen LogP contribution in [0.25, 0.3) is 0 Å². The van der Waals surface area contributed by atoms with E-state index in [0.29, 0.717) is 0 Å². The Balaban J connectivity index is 2.20. The van der Waals surface area contributed by atoms with Crippen molar-refractivity contribution in [1.82, 2.24) is 10.2 Å². The number of unbranched alkanes of at least 4 members (excludes halogenated alkanes) is 5. The molecule has 1 rings (SSSR count). The fraction of sp³-hybridized carbons (Fsp3) is 1.00. The first-order valence-corrected chi connectivity index (χ1v) is 8.75. The third-order valence-corrected chi connectivity index (χ3v) is 4.51. The highest BCUT2D eigenvalue weighted by Gasteiger charge is 2.21. The summed E-state index contributed by atoms with van der Waals surface area (Å²) in [6.07, 6.45) is 12.4. The molecule has 0 radical (unpaired) electrons. The molecule has 2 unspecified atom stereocenters. The first-order chi connectivity index (χ1) is 9.27. The summed E-state index contributed by atoms with van der Waals surface area (Å²) in [5, 5.41) is 3.72. The van der Waals surface area contributed by atoms with E-state index in [2.05, 4.69) is 31.0 Å². The van der Waals surface area contributed by atoms with E-state index in [9.17, 15) is 0 Å². The Morgan fingerprint density at radius 2 is 1.74 bits per heavy atom. The van der Waals surface area contributed by atoms with Crippen LogP contribution in [0, 0.1) is 0 Å². The van der Waals surface area contributed by atoms with Crippen LogP contribution in [0.2, 0.25) is 0 Å². The van der Waals surface area contributed by atoms with Crippen molar-refractivity contribution in [2.45, 2.75) is 90.6 Å². The largest absolute Gasteiger partial charge is 0.313 e. The molecule has 0 spiro atoms. The first-order valence-electron chi connectivity index (χ1n) is 8.75. The maximum Gasteiger partial charge on any atom is 0.0195 e. The van der Waals surface area contributed by atoms with E-state index >= 15 is 0 Å². The molecule has 0 aromatic carbocycles. The number of rotatable bonds is 9. The van der Waals surface area contributed by atoms with Crippen molar-refractivity contribution in [3.8, 4) is 0 Å². The maximum atomic E-state index is 3.72. The minimum Gasteiger partial charge on any atom is -0.313 e. The van der Waals surface area contributed by atoms with E-state index in [1.165, 1.54) is 77.4 Å². The number of nitrogens with one attached hydrogen (secondary N) is 1. The lowest BCUT2D eigenvalue weighted by Crippen LogP contribution is -2.40. The third-order valence-electron chi connectivity index (χ3n) is 4.51. The topological polar surface area (TPSA) is 15.3 Å². The van der Waals surface area contributed by atoms with Gasteiger partial charge < -0.3 is 5.32 Å². The van der Waals surface area contributed by atoms with Crippen LogP contribution in [0.4, 0.5) is 0 Å². The molecule has 114 valence electrons. The van der Waals surface area contributed by atoms with Crippen molar-refractivity contribution in [1.29, 1.82) is 0 Å². The Hall–Kier alpha value is -0.0800. The summed E-state index contributed by atoms with van der Waals surface area (Å²) in [5.41, 5.74) is 0. The van der Waals surface area contributed by atoms with Crippen LogP contribution >= 0.6 is 0 Å². The number of hydrogen-bond acceptors (Lipinski definition) is 2. The summed E-state index contributed by atoms with van der Waals surface area (Å²) in [4.78, 5) is 2.74. The van der Waals surface area contributed by atoms with E-state index < -0.39 is 0 Å². The Morgan fingerprint density at radius 3 is 2.47 bits per heavy atom. The fourth-order valence-electron chi connectivity index (χ4n) is 3.16. The monoisotopic (exact) mass is 268 g/mol. The van der Waals surface area contributed by atoms with Gasteiger partial charge in [0.2, 0.25) is 0 Å². The number of hydrogen-bond donors (Lipinski definition) is 1. The molecular formula is C17H36N2. The van der Waals surface area contributed by atoms with Crippen molar-refractivity contribution in [3.63, 3.8) is 0 Å². The van der Waals surface area contributed by atoms with Gasteiger partial charge in [-0.2, -0.15) is 0 Å². The van der Waals surface area contributed by atoms with Crippen LogP contribution < -0.4 is 5.32 Å². The van der Waals surface area contributed by atoms with Crippen molar-refractivity contribution in [3.05, 3.63) is 0 Å². The average molecular weight is 268 g/mol. The molecular weight excluding hydrogens is 232 g/mol. The molecule has 19 heavy (non-hydrogen) atoms. The summed E-state index contributed by atoms with van der Waals surface area (Å²) >= 11 is 0. The zero-order valence-corrected chi connectivity index (χ0v) is 13.6. The average Bonchev–Trinajstić information content (AvgIpc) is 2.57. The Labute approximate surface area is 121 Å². The van der Waals surface area contributed by atoms with E-state index in [4.69, 9.17) is 0 Å². The molecule has 2 nitrogen and oxygen atoms in total. The molecule has 2 atom stereocenters. The lowest BCUT2D eigenvalue weighted by Gasteiger charge is -2.29. The van der Waals surface area contributed by atoms with Crippen LogP contribution in [0.15, 0.2) is 0 Å². The maximum absolute atomic E-state index is 3.72. The molecule has 1 saturated heterocycles. The van der Waals surface area contributed by atoms with Gasteiger partial charge in [-0.15, -0.1) is 0 Å². The zero-order chi connectivity index (χ0) is 13.9. The summed E-state index contributed by atoms with van der Waals surface area (Å²) in [7, 11) is 0. The quantitative estimate of drug-likeness (QED) is 0.631. The molecule has 0 aliphatic carbocycles. The molecule has 1 heterocycles.